The van der Waals surface area contributed by atoms with Gasteiger partial charge >= 0.3 is 0 Å². The van der Waals surface area contributed by atoms with E-state index in [-0.39, 0.29) is 13.2 Å². The van der Waals surface area contributed by atoms with E-state index in [0.29, 0.717) is 4.91 Å². The Morgan fingerprint density at radius 3 is 2.71 bits per heavy atom. The molecule has 0 spiro atoms. The number of aliphatic hydroxyl groups is 1. The Kier molecular flexibility index (Phi) is 8.32. The monoisotopic (exact) mass is 493 g/mol. The SMILES string of the molecule is CN1CCN(c2ccc3cc(-c4ccc(/C=C(\C#N)SNCC(CO)N=O)s4)ccc3c2)CC1. The number of thiophene rings is 1. The van der Waals surface area contributed by atoms with Crippen molar-refractivity contribution >= 4 is 45.8 Å². The topological polar surface area (TPSA) is 92.0 Å². The Labute approximate surface area is 207 Å². The van der Waals surface area contributed by atoms with Gasteiger partial charge in [0.2, 0.25) is 0 Å². The molecule has 2 heterocycles. The number of benzene rings is 2. The number of nitrogens with one attached hydrogen (secondary N) is 1. The summed E-state index contributed by atoms with van der Waals surface area (Å²) in [6.45, 7) is 4.17. The lowest BCUT2D eigenvalue weighted by Crippen LogP contribution is -2.44. The minimum atomic E-state index is -0.716. The van der Waals surface area contributed by atoms with Crippen LogP contribution >= 0.6 is 23.3 Å². The molecule has 9 heteroatoms. The summed E-state index contributed by atoms with van der Waals surface area (Å²) in [6, 6.07) is 18.7. The maximum absolute atomic E-state index is 10.6. The van der Waals surface area contributed by atoms with Gasteiger partial charge in [0.05, 0.1) is 6.61 Å². The first kappa shape index (κ1) is 24.4. The molecular weight excluding hydrogens is 466 g/mol. The molecule has 3 aromatic rings. The van der Waals surface area contributed by atoms with Crippen molar-refractivity contribution < 1.29 is 5.11 Å². The molecule has 2 N–H and O–H groups in total. The summed E-state index contributed by atoms with van der Waals surface area (Å²) in [5, 5.41) is 23.7. The van der Waals surface area contributed by atoms with E-state index >= 15 is 0 Å². The quantitative estimate of drug-likeness (QED) is 0.257. The van der Waals surface area contributed by atoms with Crippen LogP contribution in [0.1, 0.15) is 4.88 Å². The lowest BCUT2D eigenvalue weighted by atomic mass is 10.0. The van der Waals surface area contributed by atoms with Gasteiger partial charge in [0, 0.05) is 48.2 Å². The lowest BCUT2D eigenvalue weighted by molar-refractivity contribution is 0.267. The van der Waals surface area contributed by atoms with E-state index in [1.165, 1.54) is 16.5 Å². The number of nitriles is 1. The molecule has 0 amide bonds. The molecule has 1 aliphatic rings. The molecule has 0 radical (unpaired) electrons. The van der Waals surface area contributed by atoms with E-state index in [2.05, 4.69) is 75.3 Å². The maximum Gasteiger partial charge on any atom is 0.128 e. The van der Waals surface area contributed by atoms with E-state index in [1.807, 2.05) is 12.1 Å². The first-order valence-electron chi connectivity index (χ1n) is 11.1. The van der Waals surface area contributed by atoms with E-state index in [9.17, 15) is 10.2 Å². The number of rotatable bonds is 9. The summed E-state index contributed by atoms with van der Waals surface area (Å²) in [5.41, 5.74) is 2.43. The van der Waals surface area contributed by atoms with Gasteiger partial charge in [-0.05, 0) is 71.7 Å². The Morgan fingerprint density at radius 1 is 1.21 bits per heavy atom. The number of allylic oxidation sites excluding steroid dienone is 1. The summed E-state index contributed by atoms with van der Waals surface area (Å²) >= 11 is 2.76. The van der Waals surface area contributed by atoms with Crippen molar-refractivity contribution in [3.63, 3.8) is 0 Å². The Morgan fingerprint density at radius 2 is 1.97 bits per heavy atom. The molecule has 4 rings (SSSR count). The number of piperazine rings is 1. The lowest BCUT2D eigenvalue weighted by Gasteiger charge is -2.34. The number of hydrogen-bond acceptors (Lipinski definition) is 9. The van der Waals surface area contributed by atoms with Gasteiger partial charge < -0.3 is 14.9 Å². The van der Waals surface area contributed by atoms with E-state index in [1.54, 1.807) is 11.3 Å². The molecule has 0 saturated carbocycles. The molecule has 34 heavy (non-hydrogen) atoms. The minimum absolute atomic E-state index is 0.201. The van der Waals surface area contributed by atoms with Gasteiger partial charge in [0.15, 0.2) is 0 Å². The molecule has 1 aromatic heterocycles. The van der Waals surface area contributed by atoms with Crippen LogP contribution in [0.5, 0.6) is 0 Å². The van der Waals surface area contributed by atoms with Gasteiger partial charge in [-0.2, -0.15) is 10.2 Å². The van der Waals surface area contributed by atoms with Gasteiger partial charge in [-0.3, -0.25) is 4.72 Å². The van der Waals surface area contributed by atoms with Crippen LogP contribution in [0.15, 0.2) is 58.6 Å². The molecule has 176 valence electrons. The fraction of sp³-hybridized carbons (Fsp3) is 0.320. The zero-order valence-electron chi connectivity index (χ0n) is 19.0. The highest BCUT2D eigenvalue weighted by molar-refractivity contribution is 8.01. The molecule has 1 unspecified atom stereocenters. The van der Waals surface area contributed by atoms with Gasteiger partial charge in [0.1, 0.15) is 17.0 Å². The standard InChI is InChI=1S/C25H27N5O2S2/c1-29-8-10-30(11-9-29)22-5-4-18-12-20(3-2-19(18)13-22)25-7-6-23(33-25)14-24(15-26)34-27-16-21(17-31)28-32/h2-7,12-14,21,27,31H,8-11,16-17H2,1H3/b24-14+. The zero-order valence-corrected chi connectivity index (χ0v) is 20.6. The summed E-state index contributed by atoms with van der Waals surface area (Å²) in [6.07, 6.45) is 1.82. The van der Waals surface area contributed by atoms with Crippen molar-refractivity contribution in [3.8, 4) is 16.5 Å². The largest absolute Gasteiger partial charge is 0.394 e. The van der Waals surface area contributed by atoms with Crippen LogP contribution in [0, 0.1) is 16.2 Å². The third kappa shape index (κ3) is 6.03. The van der Waals surface area contributed by atoms with Crippen molar-refractivity contribution in [2.75, 3.05) is 51.3 Å². The minimum Gasteiger partial charge on any atom is -0.394 e. The molecule has 1 atom stereocenters. The molecular formula is C25H27N5O2S2. The van der Waals surface area contributed by atoms with Gasteiger partial charge in [-0.25, -0.2) is 0 Å². The average Bonchev–Trinajstić information content (AvgIpc) is 3.34. The highest BCUT2D eigenvalue weighted by Crippen LogP contribution is 2.33. The van der Waals surface area contributed by atoms with Crippen LogP contribution in [-0.2, 0) is 0 Å². The van der Waals surface area contributed by atoms with Crippen LogP contribution < -0.4 is 9.62 Å². The van der Waals surface area contributed by atoms with E-state index in [0.717, 1.165) is 53.4 Å². The third-order valence-corrected chi connectivity index (χ3v) is 7.67. The molecule has 7 nitrogen and oxygen atoms in total. The first-order chi connectivity index (χ1) is 16.6. The number of nitrogens with zero attached hydrogens (tertiary/aromatic N) is 4. The summed E-state index contributed by atoms with van der Waals surface area (Å²) < 4.78 is 2.92. The fourth-order valence-corrected chi connectivity index (χ4v) is 5.48. The molecule has 2 aromatic carbocycles. The summed E-state index contributed by atoms with van der Waals surface area (Å²) in [7, 11) is 2.17. The second-order valence-electron chi connectivity index (χ2n) is 8.25. The van der Waals surface area contributed by atoms with Crippen LogP contribution in [0.3, 0.4) is 0 Å². The highest BCUT2D eigenvalue weighted by Gasteiger charge is 2.14. The zero-order chi connectivity index (χ0) is 23.9. The van der Waals surface area contributed by atoms with Crippen molar-refractivity contribution in [2.24, 2.45) is 5.18 Å². The Hall–Kier alpha value is -2.74. The second-order valence-corrected chi connectivity index (χ2v) is 10.3. The highest BCUT2D eigenvalue weighted by atomic mass is 32.2. The van der Waals surface area contributed by atoms with Gasteiger partial charge in [-0.15, -0.1) is 11.3 Å². The number of fused-ring (bicyclic) bond motifs is 1. The maximum atomic E-state index is 10.6. The predicted molar refractivity (Wildman–Crippen MR) is 143 cm³/mol. The van der Waals surface area contributed by atoms with Gasteiger partial charge in [0.25, 0.3) is 0 Å². The smallest absolute Gasteiger partial charge is 0.128 e. The van der Waals surface area contributed by atoms with Gasteiger partial charge in [-0.1, -0.05) is 23.4 Å². The van der Waals surface area contributed by atoms with Crippen LogP contribution in [0.25, 0.3) is 27.3 Å². The third-order valence-electron chi connectivity index (χ3n) is 5.85. The van der Waals surface area contributed by atoms with Crippen molar-refractivity contribution in [2.45, 2.75) is 6.04 Å². The van der Waals surface area contributed by atoms with Crippen LogP contribution in [0.2, 0.25) is 0 Å². The van der Waals surface area contributed by atoms with Crippen LogP contribution in [0.4, 0.5) is 5.69 Å². The molecule has 1 fully saturated rings. The number of nitroso groups, excluding NO2 is 1. The number of aliphatic hydroxyl groups excluding tert-OH is 1. The normalized spacial score (nSPS) is 15.9. The van der Waals surface area contributed by atoms with E-state index < -0.39 is 6.04 Å². The second kappa shape index (κ2) is 11.6. The first-order valence-corrected chi connectivity index (χ1v) is 12.7. The van der Waals surface area contributed by atoms with Crippen molar-refractivity contribution in [3.05, 3.63) is 63.2 Å². The summed E-state index contributed by atoms with van der Waals surface area (Å²) in [4.78, 5) is 17.9. The average molecular weight is 494 g/mol. The fourth-order valence-electron chi connectivity index (χ4n) is 3.80. The molecule has 1 aliphatic heterocycles. The predicted octanol–water partition coefficient (Wildman–Crippen LogP) is 4.55. The summed E-state index contributed by atoms with van der Waals surface area (Å²) in [5.74, 6) is 0. The number of anilines is 1. The molecule has 0 aliphatic carbocycles. The number of likely N-dealkylation sites (N-methyl/N-ethyl adjacent to an activating group) is 1. The molecule has 0 bridgehead atoms. The van der Waals surface area contributed by atoms with Crippen molar-refractivity contribution in [1.82, 2.24) is 9.62 Å². The van der Waals surface area contributed by atoms with Crippen LogP contribution in [-0.4, -0.2) is 62.4 Å². The van der Waals surface area contributed by atoms with Crippen molar-refractivity contribution in [1.29, 1.82) is 5.26 Å². The molecule has 1 saturated heterocycles. The van der Waals surface area contributed by atoms with E-state index in [4.69, 9.17) is 5.11 Å². The number of hydrogen-bond donors (Lipinski definition) is 2. The Bertz CT molecular complexity index is 1210. The Balaban J connectivity index is 1.45.